The van der Waals surface area contributed by atoms with Crippen LogP contribution < -0.4 is 0 Å². The Morgan fingerprint density at radius 1 is 0.895 bits per heavy atom. The average molecular weight is 256 g/mol. The van der Waals surface area contributed by atoms with Gasteiger partial charge in [-0.3, -0.25) is 0 Å². The predicted octanol–water partition coefficient (Wildman–Crippen LogP) is 3.09. The topological polar surface area (TPSA) is 40.5 Å². The van der Waals surface area contributed by atoms with Crippen LogP contribution in [0.15, 0.2) is 54.6 Å². The summed E-state index contributed by atoms with van der Waals surface area (Å²) in [6.07, 6.45) is 0.376. The normalized spacial score (nSPS) is 14.1. The van der Waals surface area contributed by atoms with Gasteiger partial charge in [-0.05, 0) is 29.0 Å². The van der Waals surface area contributed by atoms with Crippen LogP contribution in [0.5, 0.6) is 0 Å². The fourth-order valence-electron chi connectivity index (χ4n) is 2.24. The van der Waals surface area contributed by atoms with E-state index in [1.807, 2.05) is 54.6 Å². The molecule has 19 heavy (non-hydrogen) atoms. The minimum atomic E-state index is -0.446. The minimum absolute atomic E-state index is 0.0719. The fourth-order valence-corrected chi connectivity index (χ4v) is 2.24. The van der Waals surface area contributed by atoms with Crippen molar-refractivity contribution in [3.05, 3.63) is 71.3 Å². The second-order valence-corrected chi connectivity index (χ2v) is 5.01. The van der Waals surface area contributed by atoms with E-state index in [1.165, 1.54) is 5.56 Å². The summed E-state index contributed by atoms with van der Waals surface area (Å²) in [7, 11) is 0. The maximum Gasteiger partial charge on any atom is 0.0818 e. The third-order valence-corrected chi connectivity index (χ3v) is 3.44. The zero-order valence-electron chi connectivity index (χ0n) is 11.2. The number of benzene rings is 2. The summed E-state index contributed by atoms with van der Waals surface area (Å²) >= 11 is 0. The van der Waals surface area contributed by atoms with Gasteiger partial charge in [-0.15, -0.1) is 0 Å². The molecule has 0 saturated carbocycles. The van der Waals surface area contributed by atoms with E-state index in [-0.39, 0.29) is 12.5 Å². The van der Waals surface area contributed by atoms with E-state index in [0.717, 1.165) is 17.5 Å². The van der Waals surface area contributed by atoms with Crippen LogP contribution in [0.3, 0.4) is 0 Å². The van der Waals surface area contributed by atoms with Gasteiger partial charge in [-0.25, -0.2) is 0 Å². The van der Waals surface area contributed by atoms with E-state index in [9.17, 15) is 5.11 Å². The van der Waals surface area contributed by atoms with Gasteiger partial charge in [0.2, 0.25) is 0 Å². The van der Waals surface area contributed by atoms with Crippen LogP contribution in [0, 0.1) is 5.92 Å². The van der Waals surface area contributed by atoms with Crippen molar-refractivity contribution < 1.29 is 10.2 Å². The molecule has 0 bridgehead atoms. The standard InChI is InChI=1S/C17H20O2/c1-13(17(19)16-5-3-2-4-6-16)11-14-7-9-15(12-18)10-8-14/h2-10,13,17-19H,11-12H2,1H3. The molecule has 2 nitrogen and oxygen atoms in total. The van der Waals surface area contributed by atoms with Gasteiger partial charge >= 0.3 is 0 Å². The first kappa shape index (κ1) is 13.8. The van der Waals surface area contributed by atoms with Gasteiger partial charge in [0.1, 0.15) is 0 Å². The number of aliphatic hydroxyl groups excluding tert-OH is 2. The molecule has 0 aliphatic carbocycles. The van der Waals surface area contributed by atoms with Gasteiger partial charge in [0, 0.05) is 0 Å². The third kappa shape index (κ3) is 3.66. The summed E-state index contributed by atoms with van der Waals surface area (Å²) in [5.41, 5.74) is 3.06. The Kier molecular flexibility index (Phi) is 4.72. The lowest BCUT2D eigenvalue weighted by Crippen LogP contribution is -2.11. The second-order valence-electron chi connectivity index (χ2n) is 5.01. The summed E-state index contributed by atoms with van der Waals surface area (Å²) in [6.45, 7) is 2.13. The Morgan fingerprint density at radius 2 is 1.47 bits per heavy atom. The van der Waals surface area contributed by atoms with Crippen LogP contribution in [-0.4, -0.2) is 10.2 Å². The molecule has 0 fully saturated rings. The van der Waals surface area contributed by atoms with Crippen LogP contribution in [-0.2, 0) is 13.0 Å². The first-order valence-corrected chi connectivity index (χ1v) is 6.62. The molecule has 100 valence electrons. The smallest absolute Gasteiger partial charge is 0.0818 e. The molecule has 0 spiro atoms. The zero-order chi connectivity index (χ0) is 13.7. The Labute approximate surface area is 114 Å². The van der Waals surface area contributed by atoms with Crippen molar-refractivity contribution >= 4 is 0 Å². The Bertz CT molecular complexity index is 490. The quantitative estimate of drug-likeness (QED) is 0.863. The van der Waals surface area contributed by atoms with Crippen LogP contribution >= 0.6 is 0 Å². The van der Waals surface area contributed by atoms with Gasteiger partial charge in [-0.2, -0.15) is 0 Å². The average Bonchev–Trinajstić information content (AvgIpc) is 2.48. The van der Waals surface area contributed by atoms with E-state index in [4.69, 9.17) is 5.11 Å². The molecule has 2 atom stereocenters. The molecule has 2 heteroatoms. The van der Waals surface area contributed by atoms with Crippen molar-refractivity contribution in [1.82, 2.24) is 0 Å². The molecule has 0 heterocycles. The van der Waals surface area contributed by atoms with Crippen LogP contribution in [0.1, 0.15) is 29.7 Å². The molecule has 0 aliphatic rings. The first-order chi connectivity index (χ1) is 9.20. The van der Waals surface area contributed by atoms with Crippen LogP contribution in [0.4, 0.5) is 0 Å². The highest BCUT2D eigenvalue weighted by Gasteiger charge is 2.16. The zero-order valence-corrected chi connectivity index (χ0v) is 11.2. The van der Waals surface area contributed by atoms with Gasteiger partial charge in [0.25, 0.3) is 0 Å². The highest BCUT2D eigenvalue weighted by Crippen LogP contribution is 2.24. The molecule has 0 amide bonds. The molecule has 0 aromatic heterocycles. The lowest BCUT2D eigenvalue weighted by atomic mass is 9.91. The first-order valence-electron chi connectivity index (χ1n) is 6.62. The van der Waals surface area contributed by atoms with E-state index < -0.39 is 6.10 Å². The summed E-state index contributed by atoms with van der Waals surface area (Å²) in [6, 6.07) is 17.6. The molecular formula is C17H20O2. The maximum absolute atomic E-state index is 10.3. The van der Waals surface area contributed by atoms with Gasteiger partial charge in [-0.1, -0.05) is 61.5 Å². The molecule has 0 radical (unpaired) electrons. The van der Waals surface area contributed by atoms with Gasteiger partial charge < -0.3 is 10.2 Å². The number of hydrogen-bond acceptors (Lipinski definition) is 2. The number of hydrogen-bond donors (Lipinski definition) is 2. The summed E-state index contributed by atoms with van der Waals surface area (Å²) < 4.78 is 0. The Morgan fingerprint density at radius 3 is 2.05 bits per heavy atom. The predicted molar refractivity (Wildman–Crippen MR) is 76.6 cm³/mol. The third-order valence-electron chi connectivity index (χ3n) is 3.44. The highest BCUT2D eigenvalue weighted by molar-refractivity contribution is 5.23. The van der Waals surface area contributed by atoms with Gasteiger partial charge in [0.15, 0.2) is 0 Å². The van der Waals surface area contributed by atoms with E-state index in [0.29, 0.717) is 0 Å². The molecule has 2 unspecified atom stereocenters. The minimum Gasteiger partial charge on any atom is -0.392 e. The van der Waals surface area contributed by atoms with Crippen molar-refractivity contribution in [3.8, 4) is 0 Å². The summed E-state index contributed by atoms with van der Waals surface area (Å²) in [4.78, 5) is 0. The van der Waals surface area contributed by atoms with Crippen molar-refractivity contribution in [2.24, 2.45) is 5.92 Å². The lowest BCUT2D eigenvalue weighted by Gasteiger charge is -2.19. The van der Waals surface area contributed by atoms with E-state index in [1.54, 1.807) is 0 Å². The van der Waals surface area contributed by atoms with Crippen molar-refractivity contribution in [2.75, 3.05) is 0 Å². The van der Waals surface area contributed by atoms with Crippen LogP contribution in [0.2, 0.25) is 0 Å². The molecule has 2 aromatic carbocycles. The van der Waals surface area contributed by atoms with Crippen molar-refractivity contribution in [2.45, 2.75) is 26.1 Å². The highest BCUT2D eigenvalue weighted by atomic mass is 16.3. The summed E-state index contributed by atoms with van der Waals surface area (Å²) in [5, 5.41) is 19.3. The maximum atomic E-state index is 10.3. The molecule has 0 aliphatic heterocycles. The second kappa shape index (κ2) is 6.50. The molecule has 2 aromatic rings. The monoisotopic (exact) mass is 256 g/mol. The Hall–Kier alpha value is -1.64. The van der Waals surface area contributed by atoms with E-state index >= 15 is 0 Å². The fraction of sp³-hybridized carbons (Fsp3) is 0.294. The lowest BCUT2D eigenvalue weighted by molar-refractivity contribution is 0.117. The molecule has 2 rings (SSSR count). The molecule has 0 saturated heterocycles. The largest absolute Gasteiger partial charge is 0.392 e. The van der Waals surface area contributed by atoms with Crippen molar-refractivity contribution in [3.63, 3.8) is 0 Å². The SMILES string of the molecule is CC(Cc1ccc(CO)cc1)C(O)c1ccccc1. The van der Waals surface area contributed by atoms with Crippen molar-refractivity contribution in [1.29, 1.82) is 0 Å². The Balaban J connectivity index is 2.01. The molecular weight excluding hydrogens is 236 g/mol. The molecule has 2 N–H and O–H groups in total. The van der Waals surface area contributed by atoms with E-state index in [2.05, 4.69) is 6.92 Å². The van der Waals surface area contributed by atoms with Crippen LogP contribution in [0.25, 0.3) is 0 Å². The van der Waals surface area contributed by atoms with Gasteiger partial charge in [0.05, 0.1) is 12.7 Å². The number of rotatable bonds is 5. The summed E-state index contributed by atoms with van der Waals surface area (Å²) in [5.74, 6) is 0.155. The number of aliphatic hydroxyl groups is 2.